The fourth-order valence-corrected chi connectivity index (χ4v) is 11.0. The Kier molecular flexibility index (Phi) is 10.9. The van der Waals surface area contributed by atoms with E-state index in [2.05, 4.69) is 9.80 Å². The Labute approximate surface area is 302 Å². The molecule has 13 heteroatoms. The summed E-state index contributed by atoms with van der Waals surface area (Å²) < 4.78 is 53.4. The number of piperidine rings is 6. The lowest BCUT2D eigenvalue weighted by atomic mass is 9.70. The number of hydrogen-bond acceptors (Lipinski definition) is 8. The normalized spacial score (nSPS) is 28.3. The minimum atomic E-state index is -0.849. The molecule has 4 aromatic rings. The van der Waals surface area contributed by atoms with Crippen LogP contribution in [-0.4, -0.2) is 65.0 Å². The molecule has 8 fully saturated rings. The summed E-state index contributed by atoms with van der Waals surface area (Å²) >= 11 is 2.31. The van der Waals surface area contributed by atoms with E-state index in [0.29, 0.717) is 44.8 Å². The zero-order valence-electron chi connectivity index (χ0n) is 27.5. The second-order valence-corrected chi connectivity index (χ2v) is 16.3. The molecule has 2 saturated carbocycles. The highest BCUT2D eigenvalue weighted by Gasteiger charge is 2.60. The molecular formula is C37H40ClF4N3O3S2. The maximum Gasteiger partial charge on any atom is 0.373 e. The van der Waals surface area contributed by atoms with Crippen LogP contribution < -0.4 is 5.73 Å². The van der Waals surface area contributed by atoms with Gasteiger partial charge in [0.25, 0.3) is 0 Å². The summed E-state index contributed by atoms with van der Waals surface area (Å²) in [6, 6.07) is 9.41. The first-order valence-corrected chi connectivity index (χ1v) is 18.8. The lowest BCUT2D eigenvalue weighted by molar-refractivity contribution is -0.191. The van der Waals surface area contributed by atoms with Gasteiger partial charge in [-0.15, -0.1) is 35.1 Å². The zero-order valence-corrected chi connectivity index (χ0v) is 29.9. The minimum absolute atomic E-state index is 0. The lowest BCUT2D eigenvalue weighted by Crippen LogP contribution is -2.63. The third-order valence-electron chi connectivity index (χ3n) is 12.0. The van der Waals surface area contributed by atoms with Crippen molar-refractivity contribution in [3.8, 4) is 0 Å². The van der Waals surface area contributed by atoms with Crippen LogP contribution in [0, 0.1) is 41.0 Å². The first-order valence-electron chi connectivity index (χ1n) is 17.1. The Balaban J connectivity index is 0.000000138. The Morgan fingerprint density at radius 1 is 0.780 bits per heavy atom. The number of benzene rings is 2. The van der Waals surface area contributed by atoms with Crippen LogP contribution >= 0.6 is 35.1 Å². The van der Waals surface area contributed by atoms with Crippen LogP contribution in [0.3, 0.4) is 0 Å². The number of nitrogens with two attached hydrogens (primary N) is 1. The number of rotatable bonds is 3. The summed E-state index contributed by atoms with van der Waals surface area (Å²) in [5.74, 6) is -1.14. The van der Waals surface area contributed by atoms with Crippen LogP contribution in [0.15, 0.2) is 41.8 Å². The van der Waals surface area contributed by atoms with Crippen molar-refractivity contribution < 1.29 is 31.9 Å². The van der Waals surface area contributed by atoms with Crippen LogP contribution in [0.5, 0.6) is 0 Å². The van der Waals surface area contributed by atoms with Crippen LogP contribution in [0.4, 0.5) is 17.6 Å². The van der Waals surface area contributed by atoms with Crippen LogP contribution in [0.2, 0.25) is 0 Å². The van der Waals surface area contributed by atoms with Crippen molar-refractivity contribution in [2.75, 3.05) is 26.2 Å². The van der Waals surface area contributed by atoms with Gasteiger partial charge in [-0.05, 0) is 136 Å². The van der Waals surface area contributed by atoms with E-state index >= 15 is 0 Å². The summed E-state index contributed by atoms with van der Waals surface area (Å²) in [7, 11) is 0. The molecule has 2 spiro atoms. The number of ketones is 1. The van der Waals surface area contributed by atoms with E-state index in [-0.39, 0.29) is 34.6 Å². The molecular weight excluding hydrogens is 710 g/mol. The van der Waals surface area contributed by atoms with Crippen molar-refractivity contribution in [1.29, 1.82) is 0 Å². The van der Waals surface area contributed by atoms with Gasteiger partial charge in [-0.1, -0.05) is 12.1 Å². The SMILES string of the molecule is Cl.Fc1ccc2ccsc2c1F.N[C@@H]1C2CCN(CC2)C12CC2.O=C(C[C@@H]1C2CCN(CC2)C12CC2)c1cc2ccc(F)c(F)c2s1.O=C=O. The monoisotopic (exact) mass is 749 g/mol. The molecule has 6 aliphatic heterocycles. The van der Waals surface area contributed by atoms with Crippen molar-refractivity contribution in [1.82, 2.24) is 9.80 Å². The van der Waals surface area contributed by atoms with E-state index in [0.717, 1.165) is 34.8 Å². The van der Waals surface area contributed by atoms with E-state index in [1.165, 1.54) is 88.9 Å². The molecule has 4 bridgehead atoms. The van der Waals surface area contributed by atoms with Crippen molar-refractivity contribution in [2.45, 2.75) is 74.9 Å². The molecule has 2 aromatic heterocycles. The number of hydrogen-bond donors (Lipinski definition) is 1. The molecule has 2 N–H and O–H groups in total. The molecule has 8 aliphatic rings. The average molecular weight is 750 g/mol. The standard InChI is InChI=1S/C19H19F2NOS.C9H16N2.C8H4F2S.CO2.ClH/c20-14-2-1-12-9-16(24-18(12)17(14)21)15(23)10-13-11-3-7-22(8-4-11)19(13)5-6-19;10-8-7-1-5-11(6-2-7)9(8)3-4-9;9-6-2-1-5-3-4-11-8(5)7(6)10;2-1-3;/h1-2,9,11,13H,3-8,10H2;7-8H,1-6,10H2;1-4H;;1H/t13-;8-;;;/m11.../s1. The van der Waals surface area contributed by atoms with Crippen molar-refractivity contribution in [3.05, 3.63) is 69.9 Å². The number of halogens is 5. The van der Waals surface area contributed by atoms with Gasteiger partial charge in [0, 0.05) is 23.5 Å². The Morgan fingerprint density at radius 2 is 1.30 bits per heavy atom. The number of carbonyl (C=O) groups excluding carboxylic acids is 3. The molecule has 268 valence electrons. The molecule has 50 heavy (non-hydrogen) atoms. The van der Waals surface area contributed by atoms with Gasteiger partial charge in [0.1, 0.15) is 0 Å². The van der Waals surface area contributed by atoms with E-state index in [4.69, 9.17) is 15.3 Å². The highest BCUT2D eigenvalue weighted by Crippen LogP contribution is 2.59. The van der Waals surface area contributed by atoms with Crippen molar-refractivity contribution in [3.63, 3.8) is 0 Å². The summed E-state index contributed by atoms with van der Waals surface area (Å²) in [5, 5.41) is 3.12. The molecule has 6 nitrogen and oxygen atoms in total. The third-order valence-corrected chi connectivity index (χ3v) is 14.1. The topological polar surface area (TPSA) is 83.7 Å². The fraction of sp³-hybridized carbons (Fsp3) is 0.514. The van der Waals surface area contributed by atoms with Crippen LogP contribution in [0.25, 0.3) is 20.2 Å². The van der Waals surface area contributed by atoms with Crippen molar-refractivity contribution >= 4 is 67.2 Å². The molecule has 8 heterocycles. The van der Waals surface area contributed by atoms with Crippen LogP contribution in [0.1, 0.15) is 67.5 Å². The minimum Gasteiger partial charge on any atom is -0.326 e. The molecule has 0 radical (unpaired) electrons. The molecule has 2 atom stereocenters. The van der Waals surface area contributed by atoms with Crippen LogP contribution in [-0.2, 0) is 9.59 Å². The molecule has 12 rings (SSSR count). The predicted octanol–water partition coefficient (Wildman–Crippen LogP) is 8.22. The average Bonchev–Trinajstić information content (AvgIpc) is 3.98. The number of fused-ring (bicyclic) bond motifs is 6. The summed E-state index contributed by atoms with van der Waals surface area (Å²) in [6.45, 7) is 5.03. The Hall–Kier alpha value is -2.70. The first-order chi connectivity index (χ1) is 23.6. The van der Waals surface area contributed by atoms with E-state index in [1.807, 2.05) is 0 Å². The summed E-state index contributed by atoms with van der Waals surface area (Å²) in [4.78, 5) is 34.9. The molecule has 6 saturated heterocycles. The van der Waals surface area contributed by atoms with Gasteiger partial charge in [-0.25, -0.2) is 17.6 Å². The largest absolute Gasteiger partial charge is 0.373 e. The van der Waals surface area contributed by atoms with Gasteiger partial charge in [0.2, 0.25) is 0 Å². The highest BCUT2D eigenvalue weighted by atomic mass is 35.5. The van der Waals surface area contributed by atoms with Gasteiger partial charge < -0.3 is 5.73 Å². The lowest BCUT2D eigenvalue weighted by Gasteiger charge is -2.52. The van der Waals surface area contributed by atoms with Crippen molar-refractivity contribution in [2.24, 2.45) is 23.5 Å². The van der Waals surface area contributed by atoms with Gasteiger partial charge in [-0.3, -0.25) is 14.6 Å². The maximum atomic E-state index is 13.9. The second kappa shape index (κ2) is 14.7. The van der Waals surface area contributed by atoms with Gasteiger partial charge in [0.05, 0.1) is 14.3 Å². The number of thiophene rings is 2. The first kappa shape index (κ1) is 37.1. The quantitative estimate of drug-likeness (QED) is 0.168. The fourth-order valence-electron chi connectivity index (χ4n) is 9.18. The zero-order chi connectivity index (χ0) is 34.5. The molecule has 2 aliphatic carbocycles. The number of Topliss-reactive ketones (excluding diaryl/α,β-unsaturated/α-hetero) is 1. The third kappa shape index (κ3) is 6.69. The Bertz CT molecular complexity index is 1890. The van der Waals surface area contributed by atoms with Gasteiger partial charge >= 0.3 is 6.15 Å². The van der Waals surface area contributed by atoms with E-state index < -0.39 is 23.3 Å². The van der Waals surface area contributed by atoms with Gasteiger partial charge in [-0.2, -0.15) is 9.59 Å². The Morgan fingerprint density at radius 3 is 1.84 bits per heavy atom. The van der Waals surface area contributed by atoms with E-state index in [9.17, 15) is 22.4 Å². The highest BCUT2D eigenvalue weighted by molar-refractivity contribution is 7.20. The van der Waals surface area contributed by atoms with Gasteiger partial charge in [0.15, 0.2) is 29.1 Å². The summed E-state index contributed by atoms with van der Waals surface area (Å²) in [6.07, 6.45) is 11.1. The number of nitrogens with zero attached hydrogens (tertiary/aromatic N) is 2. The predicted molar refractivity (Wildman–Crippen MR) is 189 cm³/mol. The molecule has 0 amide bonds. The van der Waals surface area contributed by atoms with E-state index in [1.54, 1.807) is 29.6 Å². The molecule has 2 aromatic carbocycles. The maximum absolute atomic E-state index is 13.9. The number of carbonyl (C=O) groups is 1. The molecule has 0 unspecified atom stereocenters. The summed E-state index contributed by atoms with van der Waals surface area (Å²) in [5.41, 5.74) is 7.02. The second-order valence-electron chi connectivity index (χ2n) is 14.3. The smallest absolute Gasteiger partial charge is 0.326 e.